The summed E-state index contributed by atoms with van der Waals surface area (Å²) >= 11 is 0. The molecule has 2 heteroatoms. The summed E-state index contributed by atoms with van der Waals surface area (Å²) in [4.78, 5) is 0. The van der Waals surface area contributed by atoms with Crippen LogP contribution in [0.4, 0.5) is 5.69 Å². The van der Waals surface area contributed by atoms with Crippen molar-refractivity contribution in [2.24, 2.45) is 5.92 Å². The Bertz CT molecular complexity index is 371. The first kappa shape index (κ1) is 15.2. The van der Waals surface area contributed by atoms with Gasteiger partial charge in [-0.2, -0.15) is 0 Å². The van der Waals surface area contributed by atoms with Crippen molar-refractivity contribution in [2.75, 3.05) is 18.5 Å². The summed E-state index contributed by atoms with van der Waals surface area (Å²) in [6, 6.07) is 8.36. The Labute approximate surface area is 123 Å². The second-order valence-corrected chi connectivity index (χ2v) is 5.94. The van der Waals surface area contributed by atoms with Gasteiger partial charge in [-0.25, -0.2) is 0 Å². The second kappa shape index (κ2) is 8.89. The number of unbranched alkanes of at least 4 members (excludes halogenated alkanes) is 2. The maximum Gasteiger partial charge on any atom is 0.142 e. The maximum atomic E-state index is 5.92. The highest BCUT2D eigenvalue weighted by Gasteiger charge is 2.13. The topological polar surface area (TPSA) is 21.3 Å². The molecule has 0 aromatic heterocycles. The molecule has 20 heavy (non-hydrogen) atoms. The van der Waals surface area contributed by atoms with E-state index in [1.807, 2.05) is 0 Å². The lowest BCUT2D eigenvalue weighted by molar-refractivity contribution is 0.307. The molecule has 1 saturated carbocycles. The van der Waals surface area contributed by atoms with Gasteiger partial charge in [-0.3, -0.25) is 0 Å². The zero-order chi connectivity index (χ0) is 14.0. The Morgan fingerprint density at radius 2 is 1.90 bits per heavy atom. The van der Waals surface area contributed by atoms with Crippen molar-refractivity contribution >= 4 is 5.69 Å². The van der Waals surface area contributed by atoms with Crippen LogP contribution in [0.5, 0.6) is 5.75 Å². The molecule has 0 atom stereocenters. The number of hydrogen-bond acceptors (Lipinski definition) is 2. The quantitative estimate of drug-likeness (QED) is 0.654. The van der Waals surface area contributed by atoms with Crippen molar-refractivity contribution in [1.29, 1.82) is 0 Å². The lowest BCUT2D eigenvalue weighted by Crippen LogP contribution is -2.17. The summed E-state index contributed by atoms with van der Waals surface area (Å²) in [5.41, 5.74) is 1.16. The smallest absolute Gasteiger partial charge is 0.142 e. The molecule has 0 amide bonds. The monoisotopic (exact) mass is 275 g/mol. The number of ether oxygens (including phenoxy) is 1. The van der Waals surface area contributed by atoms with Crippen LogP contribution in [-0.2, 0) is 0 Å². The maximum absolute atomic E-state index is 5.92. The average molecular weight is 275 g/mol. The predicted octanol–water partition coefficient (Wildman–Crippen LogP) is 5.25. The van der Waals surface area contributed by atoms with Gasteiger partial charge >= 0.3 is 0 Å². The van der Waals surface area contributed by atoms with Gasteiger partial charge in [0.2, 0.25) is 0 Å². The van der Waals surface area contributed by atoms with E-state index in [0.717, 1.165) is 36.9 Å². The first-order chi connectivity index (χ1) is 9.90. The molecule has 112 valence electrons. The Morgan fingerprint density at radius 3 is 2.70 bits per heavy atom. The van der Waals surface area contributed by atoms with Crippen LogP contribution in [0.3, 0.4) is 0 Å². The van der Waals surface area contributed by atoms with E-state index in [-0.39, 0.29) is 0 Å². The van der Waals surface area contributed by atoms with Gasteiger partial charge in [-0.1, -0.05) is 51.2 Å². The number of anilines is 1. The van der Waals surface area contributed by atoms with Crippen molar-refractivity contribution in [1.82, 2.24) is 0 Å². The van der Waals surface area contributed by atoms with E-state index < -0.39 is 0 Å². The Morgan fingerprint density at radius 1 is 1.10 bits per heavy atom. The molecule has 1 aromatic carbocycles. The fourth-order valence-electron chi connectivity index (χ4n) is 2.92. The molecule has 1 aliphatic rings. The van der Waals surface area contributed by atoms with E-state index >= 15 is 0 Å². The number of benzene rings is 1. The van der Waals surface area contributed by atoms with E-state index in [4.69, 9.17) is 4.74 Å². The van der Waals surface area contributed by atoms with Crippen LogP contribution >= 0.6 is 0 Å². The molecule has 0 heterocycles. The van der Waals surface area contributed by atoms with Gasteiger partial charge in [-0.15, -0.1) is 0 Å². The van der Waals surface area contributed by atoms with Gasteiger partial charge in [0.05, 0.1) is 12.3 Å². The minimum absolute atomic E-state index is 0.829. The molecule has 0 saturated heterocycles. The first-order valence-corrected chi connectivity index (χ1v) is 8.36. The number of para-hydroxylation sites is 2. The molecule has 1 N–H and O–H groups in total. The van der Waals surface area contributed by atoms with Crippen molar-refractivity contribution < 1.29 is 4.74 Å². The van der Waals surface area contributed by atoms with Crippen molar-refractivity contribution in [2.45, 2.75) is 58.3 Å². The molecule has 0 spiro atoms. The second-order valence-electron chi connectivity index (χ2n) is 5.94. The van der Waals surface area contributed by atoms with Gasteiger partial charge in [0.1, 0.15) is 5.75 Å². The molecule has 1 aromatic rings. The number of hydrogen-bond donors (Lipinski definition) is 1. The van der Waals surface area contributed by atoms with E-state index in [2.05, 4.69) is 36.5 Å². The molecule has 1 fully saturated rings. The van der Waals surface area contributed by atoms with Crippen LogP contribution < -0.4 is 10.1 Å². The standard InChI is InChI=1S/C18H29NO/c1-2-3-9-14-20-18-13-8-7-12-17(18)19-15-16-10-5-4-6-11-16/h7-8,12-13,16,19H,2-6,9-11,14-15H2,1H3. The van der Waals surface area contributed by atoms with Crippen LogP contribution in [-0.4, -0.2) is 13.2 Å². The molecular weight excluding hydrogens is 246 g/mol. The van der Waals surface area contributed by atoms with E-state index in [1.54, 1.807) is 0 Å². The molecule has 0 bridgehead atoms. The summed E-state index contributed by atoms with van der Waals surface area (Å²) in [6.07, 6.45) is 10.6. The third-order valence-electron chi connectivity index (χ3n) is 4.20. The summed E-state index contributed by atoms with van der Waals surface area (Å²) in [6.45, 7) is 4.14. The van der Waals surface area contributed by atoms with Crippen LogP contribution in [0.2, 0.25) is 0 Å². The van der Waals surface area contributed by atoms with Gasteiger partial charge < -0.3 is 10.1 Å². The highest BCUT2D eigenvalue weighted by molar-refractivity contribution is 5.56. The molecule has 0 radical (unpaired) electrons. The van der Waals surface area contributed by atoms with Crippen molar-refractivity contribution in [3.05, 3.63) is 24.3 Å². The van der Waals surface area contributed by atoms with Crippen LogP contribution in [0.1, 0.15) is 58.3 Å². The van der Waals surface area contributed by atoms with Crippen LogP contribution in [0.15, 0.2) is 24.3 Å². The van der Waals surface area contributed by atoms with Gasteiger partial charge in [0.25, 0.3) is 0 Å². The highest BCUT2D eigenvalue weighted by Crippen LogP contribution is 2.27. The summed E-state index contributed by atoms with van der Waals surface area (Å²) in [7, 11) is 0. The fraction of sp³-hybridized carbons (Fsp3) is 0.667. The summed E-state index contributed by atoms with van der Waals surface area (Å²) in [5, 5.41) is 3.60. The lowest BCUT2D eigenvalue weighted by Gasteiger charge is -2.23. The minimum Gasteiger partial charge on any atom is -0.491 e. The average Bonchev–Trinajstić information content (AvgIpc) is 2.51. The van der Waals surface area contributed by atoms with Crippen molar-refractivity contribution in [3.8, 4) is 5.75 Å². The largest absolute Gasteiger partial charge is 0.491 e. The third-order valence-corrected chi connectivity index (χ3v) is 4.20. The van der Waals surface area contributed by atoms with E-state index in [0.29, 0.717) is 0 Å². The SMILES string of the molecule is CCCCCOc1ccccc1NCC1CCCCC1. The van der Waals surface area contributed by atoms with Gasteiger partial charge in [-0.05, 0) is 37.3 Å². The zero-order valence-electron chi connectivity index (χ0n) is 12.9. The highest BCUT2D eigenvalue weighted by atomic mass is 16.5. The molecule has 0 unspecified atom stereocenters. The normalized spacial score (nSPS) is 16.1. The van der Waals surface area contributed by atoms with E-state index in [9.17, 15) is 0 Å². The Balaban J connectivity index is 1.80. The molecular formula is C18H29NO. The molecule has 1 aliphatic carbocycles. The fourth-order valence-corrected chi connectivity index (χ4v) is 2.92. The van der Waals surface area contributed by atoms with E-state index in [1.165, 1.54) is 44.9 Å². The van der Waals surface area contributed by atoms with Crippen molar-refractivity contribution in [3.63, 3.8) is 0 Å². The third kappa shape index (κ3) is 5.07. The number of nitrogens with one attached hydrogen (secondary N) is 1. The lowest BCUT2D eigenvalue weighted by atomic mass is 9.89. The zero-order valence-corrected chi connectivity index (χ0v) is 12.9. The number of rotatable bonds is 8. The van der Waals surface area contributed by atoms with Crippen LogP contribution in [0, 0.1) is 5.92 Å². The Hall–Kier alpha value is -1.18. The Kier molecular flexibility index (Phi) is 6.76. The van der Waals surface area contributed by atoms with Gasteiger partial charge in [0, 0.05) is 6.54 Å². The molecule has 2 nitrogen and oxygen atoms in total. The molecule has 0 aliphatic heterocycles. The van der Waals surface area contributed by atoms with Gasteiger partial charge in [0.15, 0.2) is 0 Å². The van der Waals surface area contributed by atoms with Crippen LogP contribution in [0.25, 0.3) is 0 Å². The minimum atomic E-state index is 0.829. The predicted molar refractivity (Wildman–Crippen MR) is 86.5 cm³/mol. The summed E-state index contributed by atoms with van der Waals surface area (Å²) in [5.74, 6) is 1.86. The first-order valence-electron chi connectivity index (χ1n) is 8.36. The molecule has 2 rings (SSSR count). The summed E-state index contributed by atoms with van der Waals surface area (Å²) < 4.78 is 5.92.